The van der Waals surface area contributed by atoms with Gasteiger partial charge in [0.05, 0.1) is 10.0 Å². The first-order chi connectivity index (χ1) is 6.79. The summed E-state index contributed by atoms with van der Waals surface area (Å²) in [5.41, 5.74) is 0.881. The van der Waals surface area contributed by atoms with E-state index >= 15 is 0 Å². The maximum Gasteiger partial charge on any atom is 0.242 e. The fourth-order valence-corrected chi connectivity index (χ4v) is 2.25. The molecule has 4 heteroatoms. The van der Waals surface area contributed by atoms with E-state index in [4.69, 9.17) is 27.6 Å². The van der Waals surface area contributed by atoms with Crippen LogP contribution in [0.15, 0.2) is 24.8 Å². The summed E-state index contributed by atoms with van der Waals surface area (Å²) in [7, 11) is -1.61. The Labute approximate surface area is 102 Å². The van der Waals surface area contributed by atoms with Gasteiger partial charge < -0.3 is 4.43 Å². The number of halogens is 2. The molecule has 0 atom stereocenters. The van der Waals surface area contributed by atoms with Gasteiger partial charge in [0.2, 0.25) is 8.32 Å². The van der Waals surface area contributed by atoms with Gasteiger partial charge in [0.1, 0.15) is 5.76 Å². The maximum atomic E-state index is 5.91. The lowest BCUT2D eigenvalue weighted by molar-refractivity contribution is 0.516. The quantitative estimate of drug-likeness (QED) is 0.560. The van der Waals surface area contributed by atoms with Crippen LogP contribution in [-0.4, -0.2) is 8.32 Å². The summed E-state index contributed by atoms with van der Waals surface area (Å²) in [6, 6.07) is 5.38. The Morgan fingerprint density at radius 1 is 1.20 bits per heavy atom. The molecule has 1 aromatic rings. The van der Waals surface area contributed by atoms with Gasteiger partial charge in [0.15, 0.2) is 0 Å². The van der Waals surface area contributed by atoms with Crippen LogP contribution in [0.3, 0.4) is 0 Å². The summed E-state index contributed by atoms with van der Waals surface area (Å²) in [6.45, 7) is 10.2. The summed E-state index contributed by atoms with van der Waals surface area (Å²) in [5.74, 6) is 0.660. The summed E-state index contributed by atoms with van der Waals surface area (Å²) in [5, 5.41) is 1.07. The van der Waals surface area contributed by atoms with Gasteiger partial charge in [-0.1, -0.05) is 29.8 Å². The molecule has 0 spiro atoms. The molecular formula is C11H14Cl2OSi. The van der Waals surface area contributed by atoms with Crippen molar-refractivity contribution in [2.45, 2.75) is 19.6 Å². The second-order valence-electron chi connectivity index (χ2n) is 4.27. The SMILES string of the molecule is C=C(O[Si](C)(C)C)c1ccc(Cl)c(Cl)c1. The van der Waals surface area contributed by atoms with Crippen LogP contribution in [0, 0.1) is 0 Å². The zero-order valence-corrected chi connectivity index (χ0v) is 11.6. The summed E-state index contributed by atoms with van der Waals surface area (Å²) < 4.78 is 5.76. The third-order valence-electron chi connectivity index (χ3n) is 1.67. The van der Waals surface area contributed by atoms with E-state index in [0.717, 1.165) is 5.56 Å². The van der Waals surface area contributed by atoms with Crippen LogP contribution in [0.5, 0.6) is 0 Å². The van der Waals surface area contributed by atoms with Gasteiger partial charge in [-0.25, -0.2) is 0 Å². The van der Waals surface area contributed by atoms with Gasteiger partial charge in [-0.3, -0.25) is 0 Å². The van der Waals surface area contributed by atoms with E-state index < -0.39 is 8.32 Å². The van der Waals surface area contributed by atoms with E-state index in [1.807, 2.05) is 6.07 Å². The van der Waals surface area contributed by atoms with Crippen molar-refractivity contribution >= 4 is 37.3 Å². The Kier molecular flexibility index (Phi) is 3.87. The van der Waals surface area contributed by atoms with Gasteiger partial charge in [-0.15, -0.1) is 0 Å². The van der Waals surface area contributed by atoms with E-state index in [1.165, 1.54) is 0 Å². The predicted octanol–water partition coefficient (Wildman–Crippen LogP) is 4.82. The second-order valence-corrected chi connectivity index (χ2v) is 9.51. The molecule has 0 radical (unpaired) electrons. The lowest BCUT2D eigenvalue weighted by atomic mass is 10.2. The molecular weight excluding hydrogens is 247 g/mol. The van der Waals surface area contributed by atoms with E-state index in [1.54, 1.807) is 12.1 Å². The lowest BCUT2D eigenvalue weighted by Crippen LogP contribution is -2.24. The van der Waals surface area contributed by atoms with Crippen molar-refractivity contribution in [2.75, 3.05) is 0 Å². The van der Waals surface area contributed by atoms with Crippen molar-refractivity contribution in [1.29, 1.82) is 0 Å². The molecule has 0 aliphatic carbocycles. The highest BCUT2D eigenvalue weighted by Crippen LogP contribution is 2.27. The van der Waals surface area contributed by atoms with Crippen molar-refractivity contribution in [3.63, 3.8) is 0 Å². The van der Waals surface area contributed by atoms with E-state index in [-0.39, 0.29) is 0 Å². The second kappa shape index (κ2) is 4.60. The summed E-state index contributed by atoms with van der Waals surface area (Å²) >= 11 is 11.7. The molecule has 1 rings (SSSR count). The minimum Gasteiger partial charge on any atom is -0.544 e. The number of hydrogen-bond donors (Lipinski definition) is 0. The third kappa shape index (κ3) is 3.90. The van der Waals surface area contributed by atoms with Crippen LogP contribution < -0.4 is 0 Å². The van der Waals surface area contributed by atoms with Crippen LogP contribution in [-0.2, 0) is 4.43 Å². The minimum absolute atomic E-state index is 0.523. The zero-order valence-electron chi connectivity index (χ0n) is 9.10. The molecule has 0 unspecified atom stereocenters. The van der Waals surface area contributed by atoms with Gasteiger partial charge in [0.25, 0.3) is 0 Å². The Morgan fingerprint density at radius 2 is 1.80 bits per heavy atom. The molecule has 0 aromatic heterocycles. The van der Waals surface area contributed by atoms with Gasteiger partial charge >= 0.3 is 0 Å². The smallest absolute Gasteiger partial charge is 0.242 e. The van der Waals surface area contributed by atoms with Crippen LogP contribution in [0.2, 0.25) is 29.7 Å². The first kappa shape index (κ1) is 12.6. The summed E-state index contributed by atoms with van der Waals surface area (Å²) in [4.78, 5) is 0. The molecule has 0 N–H and O–H groups in total. The molecule has 0 heterocycles. The van der Waals surface area contributed by atoms with E-state index in [0.29, 0.717) is 15.8 Å². The lowest BCUT2D eigenvalue weighted by Gasteiger charge is -2.21. The van der Waals surface area contributed by atoms with Crippen LogP contribution in [0.1, 0.15) is 5.56 Å². The molecule has 1 aromatic carbocycles. The minimum atomic E-state index is -1.61. The highest BCUT2D eigenvalue weighted by molar-refractivity contribution is 6.70. The molecule has 0 bridgehead atoms. The predicted molar refractivity (Wildman–Crippen MR) is 69.9 cm³/mol. The van der Waals surface area contributed by atoms with Crippen LogP contribution in [0.4, 0.5) is 0 Å². The fourth-order valence-electron chi connectivity index (χ4n) is 1.10. The molecule has 0 saturated carbocycles. The Hall–Kier alpha value is -0.443. The van der Waals surface area contributed by atoms with E-state index in [9.17, 15) is 0 Å². The molecule has 0 fully saturated rings. The largest absolute Gasteiger partial charge is 0.544 e. The molecule has 0 saturated heterocycles. The van der Waals surface area contributed by atoms with Crippen LogP contribution in [0.25, 0.3) is 5.76 Å². The average Bonchev–Trinajstić information content (AvgIpc) is 2.06. The van der Waals surface area contributed by atoms with Gasteiger partial charge in [-0.05, 0) is 37.8 Å². The molecule has 15 heavy (non-hydrogen) atoms. The van der Waals surface area contributed by atoms with E-state index in [2.05, 4.69) is 26.2 Å². The Bertz CT molecular complexity index is 383. The first-order valence-electron chi connectivity index (χ1n) is 4.63. The Morgan fingerprint density at radius 3 is 2.27 bits per heavy atom. The third-order valence-corrected chi connectivity index (χ3v) is 3.27. The first-order valence-corrected chi connectivity index (χ1v) is 8.79. The standard InChI is InChI=1S/C11H14Cl2OSi/c1-8(14-15(2,3)4)9-5-6-10(12)11(13)7-9/h5-7H,1H2,2-4H3. The van der Waals surface area contributed by atoms with Crippen molar-refractivity contribution in [3.05, 3.63) is 40.4 Å². The maximum absolute atomic E-state index is 5.91. The zero-order chi connectivity index (χ0) is 11.6. The average molecular weight is 261 g/mol. The summed E-state index contributed by atoms with van der Waals surface area (Å²) in [6.07, 6.45) is 0. The number of rotatable bonds is 3. The van der Waals surface area contributed by atoms with Crippen molar-refractivity contribution in [3.8, 4) is 0 Å². The van der Waals surface area contributed by atoms with Gasteiger partial charge in [-0.2, -0.15) is 0 Å². The monoisotopic (exact) mass is 260 g/mol. The molecule has 0 amide bonds. The number of hydrogen-bond acceptors (Lipinski definition) is 1. The highest BCUT2D eigenvalue weighted by atomic mass is 35.5. The topological polar surface area (TPSA) is 9.23 Å². The molecule has 1 nitrogen and oxygen atoms in total. The van der Waals surface area contributed by atoms with Crippen LogP contribution >= 0.6 is 23.2 Å². The highest BCUT2D eigenvalue weighted by Gasteiger charge is 2.17. The molecule has 0 aliphatic heterocycles. The molecule has 0 aliphatic rings. The normalized spacial score (nSPS) is 11.3. The van der Waals surface area contributed by atoms with Crippen molar-refractivity contribution in [2.24, 2.45) is 0 Å². The van der Waals surface area contributed by atoms with Crippen molar-refractivity contribution in [1.82, 2.24) is 0 Å². The number of benzene rings is 1. The fraction of sp³-hybridized carbons (Fsp3) is 0.273. The van der Waals surface area contributed by atoms with Gasteiger partial charge in [0, 0.05) is 5.56 Å². The Balaban J connectivity index is 2.88. The van der Waals surface area contributed by atoms with Crippen molar-refractivity contribution < 1.29 is 4.43 Å². The molecule has 82 valence electrons.